The van der Waals surface area contributed by atoms with Gasteiger partial charge in [-0.3, -0.25) is 0 Å². The van der Waals surface area contributed by atoms with E-state index in [0.717, 1.165) is 11.5 Å². The van der Waals surface area contributed by atoms with Crippen LogP contribution in [0.25, 0.3) is 0 Å². The van der Waals surface area contributed by atoms with Gasteiger partial charge in [0, 0.05) is 23.2 Å². The second-order valence-corrected chi connectivity index (χ2v) is 8.56. The predicted octanol–water partition coefficient (Wildman–Crippen LogP) is 5.95. The molecule has 21 heavy (non-hydrogen) atoms. The minimum Gasteiger partial charge on any atom is -0.309 e. The Bertz CT molecular complexity index is 569. The number of nitrogens with one attached hydrogen (secondary N) is 1. The van der Waals surface area contributed by atoms with Crippen LogP contribution in [0.2, 0.25) is 15.1 Å². The molecule has 0 radical (unpaired) electrons. The zero-order valence-electron chi connectivity index (χ0n) is 12.8. The van der Waals surface area contributed by atoms with Gasteiger partial charge in [0.15, 0.2) is 0 Å². The molecule has 2 saturated carbocycles. The zero-order chi connectivity index (χ0) is 15.4. The summed E-state index contributed by atoms with van der Waals surface area (Å²) in [7, 11) is 0. The smallest absolute Gasteiger partial charge is 0.0652 e. The van der Waals surface area contributed by atoms with Crippen LogP contribution in [0.5, 0.6) is 0 Å². The highest BCUT2D eigenvalue weighted by Gasteiger charge is 2.60. The lowest BCUT2D eigenvalue weighted by Crippen LogP contribution is -2.44. The highest BCUT2D eigenvalue weighted by molar-refractivity contribution is 6.44. The average molecular weight is 347 g/mol. The van der Waals surface area contributed by atoms with Gasteiger partial charge in [0.05, 0.1) is 10.0 Å². The molecule has 1 aromatic rings. The lowest BCUT2D eigenvalue weighted by atomic mass is 9.69. The molecule has 2 bridgehead atoms. The van der Waals surface area contributed by atoms with Crippen molar-refractivity contribution in [2.75, 3.05) is 0 Å². The number of hydrogen-bond donors (Lipinski definition) is 1. The second-order valence-electron chi connectivity index (χ2n) is 7.37. The van der Waals surface area contributed by atoms with Crippen LogP contribution in [0.4, 0.5) is 0 Å². The highest BCUT2D eigenvalue weighted by Crippen LogP contribution is 2.65. The van der Waals surface area contributed by atoms with Crippen molar-refractivity contribution in [3.8, 4) is 0 Å². The highest BCUT2D eigenvalue weighted by atomic mass is 35.5. The molecule has 0 aliphatic heterocycles. The standard InChI is InChI=1S/C17H22Cl3N/c1-16(2)10-6-7-17(16,3)14(8-10)21-9-11-12(18)4-5-13(19)15(11)20/h4-5,10,14,21H,6-9H2,1-3H3. The van der Waals surface area contributed by atoms with Gasteiger partial charge in [0.25, 0.3) is 0 Å². The van der Waals surface area contributed by atoms with Gasteiger partial charge in [-0.25, -0.2) is 0 Å². The molecule has 2 aliphatic rings. The molecule has 2 fully saturated rings. The van der Waals surface area contributed by atoms with Crippen LogP contribution in [0.15, 0.2) is 12.1 Å². The third-order valence-electron chi connectivity index (χ3n) is 6.46. The van der Waals surface area contributed by atoms with Crippen molar-refractivity contribution in [1.82, 2.24) is 5.32 Å². The molecule has 0 amide bonds. The van der Waals surface area contributed by atoms with Gasteiger partial charge in [-0.15, -0.1) is 0 Å². The van der Waals surface area contributed by atoms with E-state index < -0.39 is 0 Å². The van der Waals surface area contributed by atoms with Crippen LogP contribution in [-0.4, -0.2) is 6.04 Å². The van der Waals surface area contributed by atoms with Crippen molar-refractivity contribution in [3.05, 3.63) is 32.8 Å². The van der Waals surface area contributed by atoms with Crippen LogP contribution < -0.4 is 5.32 Å². The summed E-state index contributed by atoms with van der Waals surface area (Å²) in [6.07, 6.45) is 3.92. The zero-order valence-corrected chi connectivity index (χ0v) is 15.0. The Morgan fingerprint density at radius 2 is 1.81 bits per heavy atom. The first kappa shape index (κ1) is 15.9. The van der Waals surface area contributed by atoms with Gasteiger partial charge >= 0.3 is 0 Å². The maximum Gasteiger partial charge on any atom is 0.0652 e. The Kier molecular flexibility index (Phi) is 4.02. The summed E-state index contributed by atoms with van der Waals surface area (Å²) in [4.78, 5) is 0. The van der Waals surface area contributed by atoms with Crippen LogP contribution in [0.1, 0.15) is 45.6 Å². The van der Waals surface area contributed by atoms with E-state index in [1.165, 1.54) is 19.3 Å². The fourth-order valence-corrected chi connectivity index (χ4v) is 5.15. The summed E-state index contributed by atoms with van der Waals surface area (Å²) in [6.45, 7) is 7.96. The molecule has 0 saturated heterocycles. The molecule has 2 aliphatic carbocycles. The summed E-state index contributed by atoms with van der Waals surface area (Å²) in [5.74, 6) is 0.824. The molecule has 0 spiro atoms. The first-order valence-electron chi connectivity index (χ1n) is 7.63. The summed E-state index contributed by atoms with van der Waals surface area (Å²) < 4.78 is 0. The topological polar surface area (TPSA) is 12.0 Å². The molecule has 4 heteroatoms. The predicted molar refractivity (Wildman–Crippen MR) is 91.3 cm³/mol. The van der Waals surface area contributed by atoms with E-state index in [2.05, 4.69) is 26.1 Å². The molecule has 0 aromatic heterocycles. The lowest BCUT2D eigenvalue weighted by Gasteiger charge is -2.39. The van der Waals surface area contributed by atoms with Crippen molar-refractivity contribution in [3.63, 3.8) is 0 Å². The monoisotopic (exact) mass is 345 g/mol. The van der Waals surface area contributed by atoms with Crippen LogP contribution in [0.3, 0.4) is 0 Å². The first-order chi connectivity index (χ1) is 9.77. The van der Waals surface area contributed by atoms with E-state index in [9.17, 15) is 0 Å². The molecular weight excluding hydrogens is 325 g/mol. The van der Waals surface area contributed by atoms with Crippen molar-refractivity contribution in [2.45, 2.75) is 52.6 Å². The first-order valence-corrected chi connectivity index (χ1v) is 8.76. The maximum atomic E-state index is 6.30. The largest absolute Gasteiger partial charge is 0.309 e. The molecule has 3 unspecified atom stereocenters. The van der Waals surface area contributed by atoms with Crippen LogP contribution in [-0.2, 0) is 6.54 Å². The Morgan fingerprint density at radius 3 is 2.38 bits per heavy atom. The summed E-state index contributed by atoms with van der Waals surface area (Å²) >= 11 is 18.7. The van der Waals surface area contributed by atoms with E-state index >= 15 is 0 Å². The van der Waals surface area contributed by atoms with Gasteiger partial charge in [0.1, 0.15) is 0 Å². The fraction of sp³-hybridized carbons (Fsp3) is 0.647. The fourth-order valence-electron chi connectivity index (χ4n) is 4.47. The molecule has 1 aromatic carbocycles. The minimum absolute atomic E-state index is 0.356. The Labute approximate surface area is 142 Å². The normalized spacial score (nSPS) is 33.6. The van der Waals surface area contributed by atoms with E-state index in [1.807, 2.05) is 6.07 Å². The molecule has 0 heterocycles. The van der Waals surface area contributed by atoms with E-state index in [4.69, 9.17) is 34.8 Å². The number of rotatable bonds is 3. The minimum atomic E-state index is 0.356. The Balaban J connectivity index is 1.77. The van der Waals surface area contributed by atoms with Crippen molar-refractivity contribution in [2.24, 2.45) is 16.7 Å². The molecule has 3 atom stereocenters. The third-order valence-corrected chi connectivity index (χ3v) is 7.66. The van der Waals surface area contributed by atoms with Gasteiger partial charge in [-0.05, 0) is 48.1 Å². The molecule has 116 valence electrons. The Morgan fingerprint density at radius 1 is 1.14 bits per heavy atom. The lowest BCUT2D eigenvalue weighted by molar-refractivity contribution is 0.120. The summed E-state index contributed by atoms with van der Waals surface area (Å²) in [5.41, 5.74) is 1.68. The van der Waals surface area contributed by atoms with E-state index in [-0.39, 0.29) is 0 Å². The average Bonchev–Trinajstić information content (AvgIpc) is 2.76. The SMILES string of the molecule is CC1(C)C2CCC1(C)C(NCc1c(Cl)ccc(Cl)c1Cl)C2. The number of fused-ring (bicyclic) bond motifs is 2. The van der Waals surface area contributed by atoms with Gasteiger partial charge in [0.2, 0.25) is 0 Å². The van der Waals surface area contributed by atoms with Crippen molar-refractivity contribution in [1.29, 1.82) is 0 Å². The number of halogens is 3. The maximum absolute atomic E-state index is 6.30. The third kappa shape index (κ3) is 2.32. The van der Waals surface area contributed by atoms with Crippen molar-refractivity contribution < 1.29 is 0 Å². The van der Waals surface area contributed by atoms with Gasteiger partial charge in [-0.1, -0.05) is 55.6 Å². The molecular formula is C17H22Cl3N. The quantitative estimate of drug-likeness (QED) is 0.667. The number of benzene rings is 1. The van der Waals surface area contributed by atoms with Crippen LogP contribution >= 0.6 is 34.8 Å². The van der Waals surface area contributed by atoms with Gasteiger partial charge in [-0.2, -0.15) is 0 Å². The van der Waals surface area contributed by atoms with Crippen molar-refractivity contribution >= 4 is 34.8 Å². The van der Waals surface area contributed by atoms with E-state index in [0.29, 0.717) is 38.5 Å². The molecule has 3 rings (SSSR count). The molecule has 1 nitrogen and oxygen atoms in total. The van der Waals surface area contributed by atoms with Crippen LogP contribution in [0, 0.1) is 16.7 Å². The second kappa shape index (κ2) is 5.30. The number of hydrogen-bond acceptors (Lipinski definition) is 1. The summed E-state index contributed by atoms with van der Waals surface area (Å²) in [5, 5.41) is 5.53. The summed E-state index contributed by atoms with van der Waals surface area (Å²) in [6, 6.07) is 4.09. The molecule has 1 N–H and O–H groups in total. The Hall–Kier alpha value is 0.0500. The van der Waals surface area contributed by atoms with Gasteiger partial charge < -0.3 is 5.32 Å². The van der Waals surface area contributed by atoms with E-state index in [1.54, 1.807) is 6.07 Å².